The van der Waals surface area contributed by atoms with Crippen molar-refractivity contribution in [2.75, 3.05) is 26.0 Å². The molecule has 0 saturated heterocycles. The summed E-state index contributed by atoms with van der Waals surface area (Å²) >= 11 is 0. The van der Waals surface area contributed by atoms with Crippen molar-refractivity contribution in [2.24, 2.45) is 0 Å². The average Bonchev–Trinajstić information content (AvgIpc) is 2.73. The Bertz CT molecular complexity index is 882. The summed E-state index contributed by atoms with van der Waals surface area (Å²) in [4.78, 5) is 22.6. The van der Waals surface area contributed by atoms with Crippen LogP contribution in [0.1, 0.15) is 15.9 Å². The summed E-state index contributed by atoms with van der Waals surface area (Å²) in [6.45, 7) is 0.632. The molecule has 27 heavy (non-hydrogen) atoms. The second kappa shape index (κ2) is 8.80. The van der Waals surface area contributed by atoms with Crippen molar-refractivity contribution in [3.63, 3.8) is 0 Å². The van der Waals surface area contributed by atoms with Crippen molar-refractivity contribution < 1.29 is 9.53 Å². The molecule has 2 aromatic heterocycles. The van der Waals surface area contributed by atoms with Crippen molar-refractivity contribution in [3.8, 4) is 5.75 Å². The highest BCUT2D eigenvalue weighted by Crippen LogP contribution is 2.20. The van der Waals surface area contributed by atoms with Gasteiger partial charge in [-0.15, -0.1) is 0 Å². The van der Waals surface area contributed by atoms with E-state index >= 15 is 0 Å². The Morgan fingerprint density at radius 1 is 1.15 bits per heavy atom. The number of hydrogen-bond donors (Lipinski definition) is 1. The number of aromatic nitrogens is 2. The Labute approximate surface area is 158 Å². The zero-order valence-electron chi connectivity index (χ0n) is 15.4. The topological polar surface area (TPSA) is 67.3 Å². The summed E-state index contributed by atoms with van der Waals surface area (Å²) < 4.78 is 5.21. The molecule has 3 rings (SSSR count). The summed E-state index contributed by atoms with van der Waals surface area (Å²) in [5, 5.41) is 3.20. The number of nitrogens with one attached hydrogen (secondary N) is 1. The van der Waals surface area contributed by atoms with E-state index < -0.39 is 0 Å². The van der Waals surface area contributed by atoms with Gasteiger partial charge in [0.15, 0.2) is 0 Å². The van der Waals surface area contributed by atoms with Gasteiger partial charge < -0.3 is 15.0 Å². The fourth-order valence-electron chi connectivity index (χ4n) is 2.61. The lowest BCUT2D eigenvalue weighted by Crippen LogP contribution is -2.28. The number of nitrogens with zero attached hydrogens (tertiary/aromatic N) is 3. The maximum Gasteiger partial charge on any atom is 0.255 e. The fourth-order valence-corrected chi connectivity index (χ4v) is 2.61. The molecule has 6 heteroatoms. The number of carbonyl (C=O) groups is 1. The van der Waals surface area contributed by atoms with Crippen LogP contribution in [-0.4, -0.2) is 41.5 Å². The minimum atomic E-state index is -0.0514. The molecule has 138 valence electrons. The molecule has 1 N–H and O–H groups in total. The first kappa shape index (κ1) is 18.4. The van der Waals surface area contributed by atoms with Crippen LogP contribution in [0.2, 0.25) is 0 Å². The predicted molar refractivity (Wildman–Crippen MR) is 105 cm³/mol. The number of ether oxygens (including phenoxy) is 1. The first-order valence-electron chi connectivity index (χ1n) is 8.67. The third kappa shape index (κ3) is 5.04. The fraction of sp³-hybridized carbons (Fsp3) is 0.190. The normalized spacial score (nSPS) is 10.3. The van der Waals surface area contributed by atoms with E-state index in [0.29, 0.717) is 17.9 Å². The molecule has 6 nitrogen and oxygen atoms in total. The predicted octanol–water partition coefficient (Wildman–Crippen LogP) is 3.54. The van der Waals surface area contributed by atoms with E-state index in [0.717, 1.165) is 23.4 Å². The summed E-state index contributed by atoms with van der Waals surface area (Å²) in [6, 6.07) is 15.1. The second-order valence-corrected chi connectivity index (χ2v) is 6.12. The van der Waals surface area contributed by atoms with Gasteiger partial charge in [-0.1, -0.05) is 6.07 Å². The van der Waals surface area contributed by atoms with Crippen LogP contribution in [0, 0.1) is 0 Å². The molecule has 1 amide bonds. The van der Waals surface area contributed by atoms with Gasteiger partial charge in [-0.05, 0) is 48.4 Å². The molecule has 3 aromatic rings. The lowest BCUT2D eigenvalue weighted by atomic mass is 10.2. The van der Waals surface area contributed by atoms with Gasteiger partial charge in [-0.3, -0.25) is 9.78 Å². The molecule has 0 aliphatic carbocycles. The van der Waals surface area contributed by atoms with Gasteiger partial charge in [0.1, 0.15) is 11.6 Å². The van der Waals surface area contributed by atoms with Crippen molar-refractivity contribution in [2.45, 2.75) is 6.42 Å². The minimum Gasteiger partial charge on any atom is -0.497 e. The number of carbonyl (C=O) groups excluding carboxylic acids is 1. The van der Waals surface area contributed by atoms with Gasteiger partial charge in [0, 0.05) is 43.9 Å². The summed E-state index contributed by atoms with van der Waals surface area (Å²) in [7, 11) is 3.43. The number of pyridine rings is 2. The molecule has 2 heterocycles. The van der Waals surface area contributed by atoms with Crippen LogP contribution in [0.4, 0.5) is 11.5 Å². The lowest BCUT2D eigenvalue weighted by molar-refractivity contribution is 0.0796. The first-order valence-corrected chi connectivity index (χ1v) is 8.67. The van der Waals surface area contributed by atoms with E-state index in [4.69, 9.17) is 4.74 Å². The van der Waals surface area contributed by atoms with Gasteiger partial charge in [0.2, 0.25) is 0 Å². The second-order valence-electron chi connectivity index (χ2n) is 6.12. The van der Waals surface area contributed by atoms with Gasteiger partial charge in [0.25, 0.3) is 5.91 Å². The molecule has 0 saturated carbocycles. The van der Waals surface area contributed by atoms with Gasteiger partial charge >= 0.3 is 0 Å². The van der Waals surface area contributed by atoms with Crippen LogP contribution in [0.25, 0.3) is 0 Å². The summed E-state index contributed by atoms with van der Waals surface area (Å²) in [6.07, 6.45) is 5.89. The van der Waals surface area contributed by atoms with Crippen molar-refractivity contribution in [3.05, 3.63) is 78.2 Å². The quantitative estimate of drug-likeness (QED) is 0.696. The molecule has 0 atom stereocenters. The average molecular weight is 362 g/mol. The standard InChI is InChI=1S/C21H22N4O2/c1-25(13-10-16-8-11-22-12-9-16)21(26)17-6-7-20(23-15-17)24-18-4-3-5-19(14-18)27-2/h3-9,11-12,14-15H,10,13H2,1-2H3,(H,23,24). The zero-order chi connectivity index (χ0) is 19.1. The van der Waals surface area contributed by atoms with E-state index in [1.54, 1.807) is 49.8 Å². The van der Waals surface area contributed by atoms with Crippen LogP contribution in [0.3, 0.4) is 0 Å². The largest absolute Gasteiger partial charge is 0.497 e. The Morgan fingerprint density at radius 3 is 2.67 bits per heavy atom. The van der Waals surface area contributed by atoms with E-state index in [9.17, 15) is 4.79 Å². The number of benzene rings is 1. The first-order chi connectivity index (χ1) is 13.2. The zero-order valence-corrected chi connectivity index (χ0v) is 15.4. The van der Waals surface area contributed by atoms with E-state index in [2.05, 4.69) is 15.3 Å². The maximum absolute atomic E-state index is 12.6. The number of likely N-dealkylation sites (N-methyl/N-ethyl adjacent to an activating group) is 1. The van der Waals surface area contributed by atoms with Crippen LogP contribution in [0.15, 0.2) is 67.1 Å². The highest BCUT2D eigenvalue weighted by molar-refractivity contribution is 5.94. The van der Waals surface area contributed by atoms with Crippen LogP contribution < -0.4 is 10.1 Å². The molecular formula is C21H22N4O2. The number of rotatable bonds is 7. The molecular weight excluding hydrogens is 340 g/mol. The number of hydrogen-bond acceptors (Lipinski definition) is 5. The van der Waals surface area contributed by atoms with Gasteiger partial charge in [-0.25, -0.2) is 4.98 Å². The van der Waals surface area contributed by atoms with E-state index in [1.807, 2.05) is 36.4 Å². The van der Waals surface area contributed by atoms with Gasteiger partial charge in [-0.2, -0.15) is 0 Å². The van der Waals surface area contributed by atoms with E-state index in [1.165, 1.54) is 0 Å². The highest BCUT2D eigenvalue weighted by Gasteiger charge is 2.12. The maximum atomic E-state index is 12.6. The minimum absolute atomic E-state index is 0.0514. The van der Waals surface area contributed by atoms with Crippen LogP contribution in [0.5, 0.6) is 5.75 Å². The molecule has 0 fully saturated rings. The summed E-state index contributed by atoms with van der Waals surface area (Å²) in [5.74, 6) is 1.38. The molecule has 0 radical (unpaired) electrons. The SMILES string of the molecule is COc1cccc(Nc2ccc(C(=O)N(C)CCc3ccncc3)cn2)c1. The van der Waals surface area contributed by atoms with Crippen molar-refractivity contribution in [1.82, 2.24) is 14.9 Å². The van der Waals surface area contributed by atoms with E-state index in [-0.39, 0.29) is 5.91 Å². The number of amides is 1. The number of anilines is 2. The third-order valence-corrected chi connectivity index (χ3v) is 4.18. The van der Waals surface area contributed by atoms with Gasteiger partial charge in [0.05, 0.1) is 12.7 Å². The highest BCUT2D eigenvalue weighted by atomic mass is 16.5. The lowest BCUT2D eigenvalue weighted by Gasteiger charge is -2.17. The molecule has 0 aliphatic rings. The molecule has 0 bridgehead atoms. The summed E-state index contributed by atoms with van der Waals surface area (Å²) in [5.41, 5.74) is 2.58. The Balaban J connectivity index is 1.59. The molecule has 1 aromatic carbocycles. The third-order valence-electron chi connectivity index (χ3n) is 4.18. The molecule has 0 unspecified atom stereocenters. The van der Waals surface area contributed by atoms with Crippen molar-refractivity contribution >= 4 is 17.4 Å². The Kier molecular flexibility index (Phi) is 5.99. The Morgan fingerprint density at radius 2 is 1.96 bits per heavy atom. The number of methoxy groups -OCH3 is 1. The monoisotopic (exact) mass is 362 g/mol. The van der Waals surface area contributed by atoms with Crippen LogP contribution >= 0.6 is 0 Å². The molecule has 0 spiro atoms. The van der Waals surface area contributed by atoms with Crippen LogP contribution in [-0.2, 0) is 6.42 Å². The van der Waals surface area contributed by atoms with Crippen molar-refractivity contribution in [1.29, 1.82) is 0 Å². The molecule has 0 aliphatic heterocycles. The smallest absolute Gasteiger partial charge is 0.255 e. The Hall–Kier alpha value is -3.41.